The van der Waals surface area contributed by atoms with Crippen molar-refractivity contribution in [2.75, 3.05) is 19.7 Å². The van der Waals surface area contributed by atoms with Gasteiger partial charge in [0.05, 0.1) is 6.61 Å². The van der Waals surface area contributed by atoms with Crippen molar-refractivity contribution in [1.82, 2.24) is 10.2 Å². The molecule has 1 fully saturated rings. The van der Waals surface area contributed by atoms with Crippen LogP contribution in [0.15, 0.2) is 0 Å². The average Bonchev–Trinajstić information content (AvgIpc) is 2.36. The van der Waals surface area contributed by atoms with Crippen LogP contribution in [0.2, 0.25) is 0 Å². The molecule has 0 heterocycles. The van der Waals surface area contributed by atoms with E-state index in [1.54, 1.807) is 4.90 Å². The molecule has 0 aromatic heterocycles. The van der Waals surface area contributed by atoms with Crippen molar-refractivity contribution >= 4 is 6.03 Å². The Morgan fingerprint density at radius 2 is 1.94 bits per heavy atom. The number of rotatable bonds is 5. The Morgan fingerprint density at radius 1 is 1.33 bits per heavy atom. The monoisotopic (exact) mass is 256 g/mol. The Labute approximate surface area is 111 Å². The first-order valence-corrected chi connectivity index (χ1v) is 7.24. The molecule has 0 bridgehead atoms. The maximum Gasteiger partial charge on any atom is 0.317 e. The highest BCUT2D eigenvalue weighted by Gasteiger charge is 2.25. The summed E-state index contributed by atoms with van der Waals surface area (Å²) in [7, 11) is 0. The molecule has 4 nitrogen and oxygen atoms in total. The molecule has 0 radical (unpaired) electrons. The van der Waals surface area contributed by atoms with Crippen molar-refractivity contribution in [3.8, 4) is 0 Å². The van der Waals surface area contributed by atoms with Crippen LogP contribution >= 0.6 is 0 Å². The topological polar surface area (TPSA) is 52.6 Å². The Balaban J connectivity index is 2.33. The molecule has 18 heavy (non-hydrogen) atoms. The van der Waals surface area contributed by atoms with Crippen molar-refractivity contribution in [2.45, 2.75) is 52.5 Å². The minimum atomic E-state index is -0.0282. The molecule has 0 spiro atoms. The molecule has 2 N–H and O–H groups in total. The molecule has 0 atom stereocenters. The highest BCUT2D eigenvalue weighted by atomic mass is 16.3. The fourth-order valence-electron chi connectivity index (χ4n) is 2.72. The smallest absolute Gasteiger partial charge is 0.317 e. The number of hydrogen-bond donors (Lipinski definition) is 2. The van der Waals surface area contributed by atoms with Gasteiger partial charge in [-0.3, -0.25) is 0 Å². The first-order chi connectivity index (χ1) is 8.58. The van der Waals surface area contributed by atoms with Gasteiger partial charge in [0.2, 0.25) is 0 Å². The van der Waals surface area contributed by atoms with Gasteiger partial charge >= 0.3 is 6.03 Å². The third kappa shape index (κ3) is 4.48. The average molecular weight is 256 g/mol. The highest BCUT2D eigenvalue weighted by molar-refractivity contribution is 5.74. The SMILES string of the molecule is CCN(CCO)C(=O)NC1CCC(C(C)C)CC1. The number of carbonyl (C=O) groups excluding carboxylic acids is 1. The number of aliphatic hydroxyl groups is 1. The van der Waals surface area contributed by atoms with E-state index in [1.165, 1.54) is 12.8 Å². The van der Waals surface area contributed by atoms with Crippen LogP contribution in [0.25, 0.3) is 0 Å². The lowest BCUT2D eigenvalue weighted by atomic mass is 9.80. The van der Waals surface area contributed by atoms with E-state index in [0.29, 0.717) is 19.1 Å². The molecule has 0 unspecified atom stereocenters. The maximum atomic E-state index is 12.0. The molecule has 0 aromatic rings. The van der Waals surface area contributed by atoms with Crippen LogP contribution in [0.3, 0.4) is 0 Å². The van der Waals surface area contributed by atoms with Gasteiger partial charge in [-0.15, -0.1) is 0 Å². The van der Waals surface area contributed by atoms with Gasteiger partial charge in [0.1, 0.15) is 0 Å². The minimum Gasteiger partial charge on any atom is -0.395 e. The van der Waals surface area contributed by atoms with Crippen LogP contribution in [-0.2, 0) is 0 Å². The third-order valence-corrected chi connectivity index (χ3v) is 4.08. The van der Waals surface area contributed by atoms with Crippen molar-refractivity contribution in [3.63, 3.8) is 0 Å². The molecular weight excluding hydrogens is 228 g/mol. The fraction of sp³-hybridized carbons (Fsp3) is 0.929. The Hall–Kier alpha value is -0.770. The molecule has 1 aliphatic rings. The van der Waals surface area contributed by atoms with Gasteiger partial charge in [-0.1, -0.05) is 13.8 Å². The number of nitrogens with zero attached hydrogens (tertiary/aromatic N) is 1. The van der Waals surface area contributed by atoms with Crippen LogP contribution in [0.1, 0.15) is 46.5 Å². The molecule has 4 heteroatoms. The molecule has 106 valence electrons. The van der Waals surface area contributed by atoms with Crippen molar-refractivity contribution in [1.29, 1.82) is 0 Å². The molecule has 0 aromatic carbocycles. The van der Waals surface area contributed by atoms with Crippen LogP contribution in [0, 0.1) is 11.8 Å². The number of nitrogens with one attached hydrogen (secondary N) is 1. The fourth-order valence-corrected chi connectivity index (χ4v) is 2.72. The van der Waals surface area contributed by atoms with Crippen LogP contribution in [0.4, 0.5) is 4.79 Å². The Morgan fingerprint density at radius 3 is 2.39 bits per heavy atom. The summed E-state index contributed by atoms with van der Waals surface area (Å²) in [5, 5.41) is 12.0. The molecule has 1 rings (SSSR count). The molecule has 1 saturated carbocycles. The van der Waals surface area contributed by atoms with Gasteiger partial charge in [0.25, 0.3) is 0 Å². The van der Waals surface area contributed by atoms with Crippen LogP contribution < -0.4 is 5.32 Å². The summed E-state index contributed by atoms with van der Waals surface area (Å²) in [6.07, 6.45) is 4.61. The zero-order valence-corrected chi connectivity index (χ0v) is 12.0. The highest BCUT2D eigenvalue weighted by Crippen LogP contribution is 2.29. The zero-order chi connectivity index (χ0) is 13.5. The predicted octanol–water partition coefficient (Wildman–Crippen LogP) is 2.22. The quantitative estimate of drug-likeness (QED) is 0.792. The lowest BCUT2D eigenvalue weighted by molar-refractivity contribution is 0.169. The second-order valence-electron chi connectivity index (χ2n) is 5.61. The summed E-state index contributed by atoms with van der Waals surface area (Å²) in [5.41, 5.74) is 0. The number of carbonyl (C=O) groups is 1. The van der Waals surface area contributed by atoms with Crippen molar-refractivity contribution in [2.24, 2.45) is 11.8 Å². The zero-order valence-electron chi connectivity index (χ0n) is 12.0. The van der Waals surface area contributed by atoms with Gasteiger partial charge < -0.3 is 15.3 Å². The van der Waals surface area contributed by atoms with E-state index >= 15 is 0 Å². The summed E-state index contributed by atoms with van der Waals surface area (Å²) < 4.78 is 0. The number of aliphatic hydroxyl groups excluding tert-OH is 1. The lowest BCUT2D eigenvalue weighted by Gasteiger charge is -2.32. The minimum absolute atomic E-state index is 0.0282. The van der Waals surface area contributed by atoms with E-state index in [4.69, 9.17) is 5.11 Å². The largest absolute Gasteiger partial charge is 0.395 e. The molecule has 0 aliphatic heterocycles. The number of likely N-dealkylation sites (N-methyl/N-ethyl adjacent to an activating group) is 1. The summed E-state index contributed by atoms with van der Waals surface area (Å²) in [4.78, 5) is 13.6. The Kier molecular flexibility index (Phi) is 6.47. The van der Waals surface area contributed by atoms with Crippen LogP contribution in [-0.4, -0.2) is 41.8 Å². The van der Waals surface area contributed by atoms with E-state index in [-0.39, 0.29) is 12.6 Å². The number of hydrogen-bond acceptors (Lipinski definition) is 2. The molecular formula is C14H28N2O2. The summed E-state index contributed by atoms with van der Waals surface area (Å²) in [5.74, 6) is 1.57. The Bertz CT molecular complexity index is 248. The van der Waals surface area contributed by atoms with Gasteiger partial charge in [0, 0.05) is 19.1 Å². The van der Waals surface area contributed by atoms with E-state index in [1.807, 2.05) is 6.92 Å². The van der Waals surface area contributed by atoms with Gasteiger partial charge in [0.15, 0.2) is 0 Å². The lowest BCUT2D eigenvalue weighted by Crippen LogP contribution is -2.47. The molecule has 2 amide bonds. The van der Waals surface area contributed by atoms with Gasteiger partial charge in [-0.2, -0.15) is 0 Å². The second kappa shape index (κ2) is 7.62. The summed E-state index contributed by atoms with van der Waals surface area (Å²) in [6, 6.07) is 0.291. The molecule has 0 saturated heterocycles. The maximum absolute atomic E-state index is 12.0. The van der Waals surface area contributed by atoms with Crippen molar-refractivity contribution in [3.05, 3.63) is 0 Å². The number of urea groups is 1. The normalized spacial score (nSPS) is 24.1. The third-order valence-electron chi connectivity index (χ3n) is 4.08. The standard InChI is InChI=1S/C14H28N2O2/c1-4-16(9-10-17)14(18)15-13-7-5-12(6-8-13)11(2)3/h11-13,17H,4-10H2,1-3H3,(H,15,18). The predicted molar refractivity (Wildman–Crippen MR) is 73.4 cm³/mol. The van der Waals surface area contributed by atoms with E-state index < -0.39 is 0 Å². The summed E-state index contributed by atoms with van der Waals surface area (Å²) in [6.45, 7) is 7.59. The molecule has 1 aliphatic carbocycles. The second-order valence-corrected chi connectivity index (χ2v) is 5.61. The first-order valence-electron chi connectivity index (χ1n) is 7.24. The first kappa shape index (κ1) is 15.3. The van der Waals surface area contributed by atoms with Gasteiger partial charge in [-0.05, 0) is 44.4 Å². The van der Waals surface area contributed by atoms with E-state index in [0.717, 1.165) is 24.7 Å². The van der Waals surface area contributed by atoms with E-state index in [9.17, 15) is 4.79 Å². The van der Waals surface area contributed by atoms with Crippen molar-refractivity contribution < 1.29 is 9.90 Å². The number of amides is 2. The summed E-state index contributed by atoms with van der Waals surface area (Å²) >= 11 is 0. The van der Waals surface area contributed by atoms with Gasteiger partial charge in [-0.25, -0.2) is 4.79 Å². The van der Waals surface area contributed by atoms with Crippen LogP contribution in [0.5, 0.6) is 0 Å². The van der Waals surface area contributed by atoms with E-state index in [2.05, 4.69) is 19.2 Å².